The molecule has 6 heteroatoms. The van der Waals surface area contributed by atoms with E-state index in [2.05, 4.69) is 20.8 Å². The standard InChI is InChI=1S/C25H34O6/c1-5-14-6-7-16-15-8-13(9-20(28)29-4)17-10-18(26)22-23(31-12-30-22)25(17,3)21(15)19(27)11-24(14,16)2/h10,13-16,19,21,27H,5-9,11-12H2,1-4H3/t13-,14+,15+,16+,19+,21-,24-,25+/m1/s1. The summed E-state index contributed by atoms with van der Waals surface area (Å²) in [6.45, 7) is 6.74. The van der Waals surface area contributed by atoms with Crippen molar-refractivity contribution >= 4 is 11.8 Å². The first-order valence-corrected chi connectivity index (χ1v) is 11.8. The molecule has 0 unspecified atom stereocenters. The number of rotatable bonds is 3. The first kappa shape index (κ1) is 21.0. The van der Waals surface area contributed by atoms with Gasteiger partial charge in [-0.2, -0.15) is 0 Å². The average Bonchev–Trinajstić information content (AvgIpc) is 3.34. The maximum atomic E-state index is 12.8. The number of fused-ring (bicyclic) bond motifs is 6. The second-order valence-electron chi connectivity index (χ2n) is 10.7. The van der Waals surface area contributed by atoms with E-state index in [0.717, 1.165) is 31.3 Å². The van der Waals surface area contributed by atoms with Gasteiger partial charge < -0.3 is 19.3 Å². The molecule has 8 atom stereocenters. The Hall–Kier alpha value is -1.82. The van der Waals surface area contributed by atoms with Crippen LogP contribution in [-0.2, 0) is 23.8 Å². The van der Waals surface area contributed by atoms with Gasteiger partial charge in [0.1, 0.15) is 0 Å². The van der Waals surface area contributed by atoms with Gasteiger partial charge in [0.2, 0.25) is 18.3 Å². The second kappa shape index (κ2) is 7.09. The van der Waals surface area contributed by atoms with E-state index in [-0.39, 0.29) is 53.9 Å². The van der Waals surface area contributed by atoms with E-state index in [1.54, 1.807) is 6.08 Å². The summed E-state index contributed by atoms with van der Waals surface area (Å²) in [4.78, 5) is 25.1. The zero-order valence-corrected chi connectivity index (χ0v) is 19.0. The van der Waals surface area contributed by atoms with E-state index >= 15 is 0 Å². The Morgan fingerprint density at radius 2 is 2.06 bits per heavy atom. The summed E-state index contributed by atoms with van der Waals surface area (Å²) in [6.07, 6.45) is 6.47. The monoisotopic (exact) mass is 430 g/mol. The van der Waals surface area contributed by atoms with Crippen LogP contribution in [0, 0.1) is 40.4 Å². The van der Waals surface area contributed by atoms with Crippen molar-refractivity contribution in [1.82, 2.24) is 0 Å². The van der Waals surface area contributed by atoms with Crippen LogP contribution in [0.15, 0.2) is 23.2 Å². The van der Waals surface area contributed by atoms with Gasteiger partial charge in [0, 0.05) is 5.92 Å². The first-order valence-electron chi connectivity index (χ1n) is 11.8. The van der Waals surface area contributed by atoms with Crippen LogP contribution < -0.4 is 0 Å². The normalized spacial score (nSPS) is 45.6. The van der Waals surface area contributed by atoms with Crippen LogP contribution in [0.1, 0.15) is 59.3 Å². The predicted molar refractivity (Wildman–Crippen MR) is 112 cm³/mol. The third kappa shape index (κ3) is 2.73. The molecule has 0 aromatic rings. The van der Waals surface area contributed by atoms with Crippen molar-refractivity contribution in [1.29, 1.82) is 0 Å². The van der Waals surface area contributed by atoms with Gasteiger partial charge in [-0.1, -0.05) is 20.3 Å². The van der Waals surface area contributed by atoms with Crippen molar-refractivity contribution in [3.8, 4) is 0 Å². The summed E-state index contributed by atoms with van der Waals surface area (Å²) >= 11 is 0. The molecule has 0 spiro atoms. The molecule has 1 aliphatic heterocycles. The van der Waals surface area contributed by atoms with Crippen molar-refractivity contribution in [3.05, 3.63) is 23.2 Å². The van der Waals surface area contributed by atoms with Crippen LogP contribution in [0.25, 0.3) is 0 Å². The summed E-state index contributed by atoms with van der Waals surface area (Å²) in [7, 11) is 1.41. The Balaban J connectivity index is 1.63. The summed E-state index contributed by atoms with van der Waals surface area (Å²) in [5, 5.41) is 11.6. The molecule has 3 fully saturated rings. The van der Waals surface area contributed by atoms with Crippen molar-refractivity contribution in [2.45, 2.75) is 65.4 Å². The number of aliphatic hydroxyl groups excluding tert-OH is 1. The summed E-state index contributed by atoms with van der Waals surface area (Å²) < 4.78 is 16.5. The van der Waals surface area contributed by atoms with Gasteiger partial charge in [-0.05, 0) is 73.3 Å². The predicted octanol–water partition coefficient (Wildman–Crippen LogP) is 3.74. The van der Waals surface area contributed by atoms with Crippen molar-refractivity contribution in [3.63, 3.8) is 0 Å². The molecule has 1 heterocycles. The van der Waals surface area contributed by atoms with Gasteiger partial charge in [-0.25, -0.2) is 0 Å². The van der Waals surface area contributed by atoms with Crippen LogP contribution in [0.5, 0.6) is 0 Å². The van der Waals surface area contributed by atoms with Crippen molar-refractivity contribution in [2.75, 3.05) is 13.9 Å². The number of carbonyl (C=O) groups excluding carboxylic acids is 2. The van der Waals surface area contributed by atoms with Crippen molar-refractivity contribution < 1.29 is 28.9 Å². The highest BCUT2D eigenvalue weighted by atomic mass is 16.7. The van der Waals surface area contributed by atoms with E-state index in [4.69, 9.17) is 14.2 Å². The van der Waals surface area contributed by atoms with E-state index in [1.807, 2.05) is 0 Å². The number of methoxy groups -OCH3 is 1. The lowest BCUT2D eigenvalue weighted by atomic mass is 9.44. The second-order valence-corrected chi connectivity index (χ2v) is 10.7. The molecule has 0 saturated heterocycles. The summed E-state index contributed by atoms with van der Waals surface area (Å²) in [5.41, 5.74) is 0.366. The molecule has 31 heavy (non-hydrogen) atoms. The molecule has 0 amide bonds. The Bertz CT molecular complexity index is 873. The van der Waals surface area contributed by atoms with Crippen LogP contribution in [0.2, 0.25) is 0 Å². The van der Waals surface area contributed by atoms with Gasteiger partial charge in [0.15, 0.2) is 5.76 Å². The van der Waals surface area contributed by atoms with E-state index in [9.17, 15) is 14.7 Å². The van der Waals surface area contributed by atoms with Crippen molar-refractivity contribution in [2.24, 2.45) is 40.4 Å². The number of ketones is 1. The molecule has 0 bridgehead atoms. The molecule has 5 rings (SSSR count). The third-order valence-corrected chi connectivity index (χ3v) is 9.64. The third-order valence-electron chi connectivity index (χ3n) is 9.64. The fraction of sp³-hybridized carbons (Fsp3) is 0.760. The van der Waals surface area contributed by atoms with Gasteiger partial charge in [0.25, 0.3) is 0 Å². The number of allylic oxidation sites excluding steroid dienone is 2. The fourth-order valence-corrected chi connectivity index (χ4v) is 8.43. The van der Waals surface area contributed by atoms with E-state index in [0.29, 0.717) is 17.6 Å². The lowest BCUT2D eigenvalue weighted by molar-refractivity contribution is -0.147. The van der Waals surface area contributed by atoms with Crippen LogP contribution in [0.4, 0.5) is 0 Å². The summed E-state index contributed by atoms with van der Waals surface area (Å²) in [6, 6.07) is 0. The SMILES string of the molecule is CC[C@H]1CC[C@H]2[C@@H]3C[C@H](CC(=O)OC)C4=CC(=O)C5=C(OCO5)[C@]4(C)[C@H]3[C@@H](O)C[C@]12C. The Labute approximate surface area is 184 Å². The zero-order chi connectivity index (χ0) is 22.1. The largest absolute Gasteiger partial charge is 0.469 e. The number of aliphatic hydroxyl groups is 1. The molecular weight excluding hydrogens is 396 g/mol. The highest BCUT2D eigenvalue weighted by molar-refractivity contribution is 6.05. The Kier molecular flexibility index (Phi) is 4.82. The Morgan fingerprint density at radius 1 is 1.29 bits per heavy atom. The number of carbonyl (C=O) groups is 2. The summed E-state index contributed by atoms with van der Waals surface area (Å²) in [5.74, 6) is 1.59. The van der Waals surface area contributed by atoms with Crippen LogP contribution >= 0.6 is 0 Å². The van der Waals surface area contributed by atoms with E-state index < -0.39 is 11.5 Å². The van der Waals surface area contributed by atoms with Gasteiger partial charge in [-0.15, -0.1) is 0 Å². The number of esters is 1. The number of hydrogen-bond acceptors (Lipinski definition) is 6. The maximum absolute atomic E-state index is 12.8. The lowest BCUT2D eigenvalue weighted by Gasteiger charge is -2.60. The van der Waals surface area contributed by atoms with Crippen LogP contribution in [0.3, 0.4) is 0 Å². The first-order chi connectivity index (χ1) is 14.8. The minimum Gasteiger partial charge on any atom is -0.469 e. The molecule has 3 saturated carbocycles. The average molecular weight is 431 g/mol. The molecule has 0 radical (unpaired) electrons. The van der Waals surface area contributed by atoms with Gasteiger partial charge in [-0.3, -0.25) is 9.59 Å². The molecular formula is C25H34O6. The molecule has 5 aliphatic rings. The lowest BCUT2D eigenvalue weighted by Crippen LogP contribution is -2.58. The molecule has 4 aliphatic carbocycles. The van der Waals surface area contributed by atoms with E-state index in [1.165, 1.54) is 13.5 Å². The Morgan fingerprint density at radius 3 is 2.77 bits per heavy atom. The zero-order valence-electron chi connectivity index (χ0n) is 19.0. The number of hydrogen-bond donors (Lipinski definition) is 1. The molecule has 1 N–H and O–H groups in total. The minimum absolute atomic E-state index is 0.0291. The number of ether oxygens (including phenoxy) is 3. The van der Waals surface area contributed by atoms with Gasteiger partial charge >= 0.3 is 5.97 Å². The van der Waals surface area contributed by atoms with Gasteiger partial charge in [0.05, 0.1) is 25.0 Å². The molecule has 0 aromatic carbocycles. The molecule has 0 aromatic heterocycles. The molecule has 6 nitrogen and oxygen atoms in total. The minimum atomic E-state index is -0.646. The molecule has 170 valence electrons. The topological polar surface area (TPSA) is 82.1 Å². The smallest absolute Gasteiger partial charge is 0.306 e. The quantitative estimate of drug-likeness (QED) is 0.687. The highest BCUT2D eigenvalue weighted by Crippen LogP contribution is 2.69. The van der Waals surface area contributed by atoms with Crippen LogP contribution in [-0.4, -0.2) is 36.9 Å². The highest BCUT2D eigenvalue weighted by Gasteiger charge is 2.66. The fourth-order valence-electron chi connectivity index (χ4n) is 8.43. The maximum Gasteiger partial charge on any atom is 0.306 e.